The maximum Gasteiger partial charge on any atom is 1.00 e. The van der Waals surface area contributed by atoms with Gasteiger partial charge in [0.2, 0.25) is 0 Å². The predicted octanol–water partition coefficient (Wildman–Crippen LogP) is -5.46. The van der Waals surface area contributed by atoms with Gasteiger partial charge in [0, 0.05) is 6.92 Å². The van der Waals surface area contributed by atoms with Gasteiger partial charge in [-0.1, -0.05) is 0 Å². The number of halogens is 1. The quantitative estimate of drug-likeness (QED) is 0.376. The normalized spacial score (nSPS) is 1.60. The maximum atomic E-state index is 7.32. The second kappa shape index (κ2) is 17.9. The maximum absolute atomic E-state index is 7.32. The van der Waals surface area contributed by atoms with E-state index in [1.807, 2.05) is 0 Å². The molecule has 0 atom stereocenters. The van der Waals surface area contributed by atoms with Crippen LogP contribution in [0.5, 0.6) is 0 Å². The molecule has 0 amide bonds. The molecular weight excluding hydrogens is 190 g/mol. The zero-order valence-electron chi connectivity index (χ0n) is 3.33. The van der Waals surface area contributed by atoms with Gasteiger partial charge < -0.3 is 4.70 Å². The first-order chi connectivity index (χ1) is 1.41. The largest absolute Gasteiger partial charge is 1.00 e. The van der Waals surface area contributed by atoms with Crippen LogP contribution in [0.1, 0.15) is 6.92 Å². The molecule has 0 saturated heterocycles. The van der Waals surface area contributed by atoms with Gasteiger partial charge >= 0.3 is 68.9 Å². The Morgan fingerprint density at radius 1 is 1.60 bits per heavy atom. The minimum atomic E-state index is 0. The summed E-state index contributed by atoms with van der Waals surface area (Å²) in [5.74, 6) is 0. The third kappa shape index (κ3) is 30.4. The van der Waals surface area contributed by atoms with Crippen molar-refractivity contribution >= 4 is 0 Å². The summed E-state index contributed by atoms with van der Waals surface area (Å²) < 4.78 is 0. The smallest absolute Gasteiger partial charge is 1.00 e. The molecule has 1 nitrogen and oxygen atoms in total. The van der Waals surface area contributed by atoms with Crippen molar-refractivity contribution in [3.05, 3.63) is 0 Å². The van der Waals surface area contributed by atoms with E-state index in [-0.39, 0.29) is 73.6 Å². The van der Waals surface area contributed by atoms with E-state index >= 15 is 0 Å². The molecule has 0 radical (unpaired) electrons. The fourth-order valence-electron chi connectivity index (χ4n) is 0. The molecule has 0 aliphatic heterocycles. The minimum absolute atomic E-state index is 0. The molecule has 0 spiro atoms. The molecule has 3 heteroatoms. The van der Waals surface area contributed by atoms with Crippen molar-refractivity contribution in [2.75, 3.05) is 0 Å². The SMILES string of the molecule is CC#N.[Cs+].[F-]. The Bertz CT molecular complexity index is 31.1. The first-order valence-electron chi connectivity index (χ1n) is 0.724. The van der Waals surface area contributed by atoms with Crippen molar-refractivity contribution in [2.45, 2.75) is 6.92 Å². The van der Waals surface area contributed by atoms with Crippen LogP contribution >= 0.6 is 0 Å². The van der Waals surface area contributed by atoms with Crippen LogP contribution in [0.15, 0.2) is 0 Å². The molecule has 0 N–H and O–H groups in total. The molecule has 0 bridgehead atoms. The second-order valence-electron chi connectivity index (χ2n) is 0.224. The van der Waals surface area contributed by atoms with Crippen LogP contribution < -0.4 is 73.6 Å². The Morgan fingerprint density at radius 3 is 1.60 bits per heavy atom. The number of nitriles is 1. The minimum Gasteiger partial charge on any atom is -1.00 e. The van der Waals surface area contributed by atoms with E-state index in [0.29, 0.717) is 0 Å². The summed E-state index contributed by atoms with van der Waals surface area (Å²) in [4.78, 5) is 0. The molecular formula is C2H3CsFN. The molecule has 0 aromatic carbocycles. The zero-order valence-corrected chi connectivity index (χ0v) is 9.61. The zero-order chi connectivity index (χ0) is 2.71. The number of hydrogen-bond acceptors (Lipinski definition) is 1. The van der Waals surface area contributed by atoms with Gasteiger partial charge in [0.25, 0.3) is 0 Å². The summed E-state index contributed by atoms with van der Waals surface area (Å²) in [7, 11) is 0. The van der Waals surface area contributed by atoms with Crippen LogP contribution in [0.25, 0.3) is 0 Å². The van der Waals surface area contributed by atoms with E-state index in [1.54, 1.807) is 6.07 Å². The van der Waals surface area contributed by atoms with E-state index in [0.717, 1.165) is 0 Å². The van der Waals surface area contributed by atoms with Gasteiger partial charge in [0.15, 0.2) is 0 Å². The standard InChI is InChI=1S/C2H3N.Cs.FH/c1-2-3;;/h1H3;;1H/q;+1;/p-1. The molecule has 0 aliphatic carbocycles. The van der Waals surface area contributed by atoms with Crippen molar-refractivity contribution in [1.29, 1.82) is 5.26 Å². The second-order valence-corrected chi connectivity index (χ2v) is 0.224. The van der Waals surface area contributed by atoms with Gasteiger partial charge in [0.1, 0.15) is 0 Å². The molecule has 0 unspecified atom stereocenters. The summed E-state index contributed by atoms with van der Waals surface area (Å²) in [6, 6.07) is 1.75. The fraction of sp³-hybridized carbons (Fsp3) is 0.500. The van der Waals surface area contributed by atoms with Crippen LogP contribution in [-0.2, 0) is 0 Å². The molecule has 0 aromatic rings. The first-order valence-corrected chi connectivity index (χ1v) is 0.724. The van der Waals surface area contributed by atoms with E-state index < -0.39 is 0 Å². The number of rotatable bonds is 0. The van der Waals surface area contributed by atoms with E-state index in [2.05, 4.69) is 0 Å². The molecule has 0 fully saturated rings. The average molecular weight is 193 g/mol. The topological polar surface area (TPSA) is 23.8 Å². The van der Waals surface area contributed by atoms with Crippen LogP contribution in [-0.4, -0.2) is 0 Å². The van der Waals surface area contributed by atoms with Gasteiger partial charge in [-0.2, -0.15) is 5.26 Å². The monoisotopic (exact) mass is 193 g/mol. The Labute approximate surface area is 89.5 Å². The van der Waals surface area contributed by atoms with Crippen molar-refractivity contribution in [2.24, 2.45) is 0 Å². The molecule has 0 aromatic heterocycles. The predicted molar refractivity (Wildman–Crippen MR) is 11.3 cm³/mol. The van der Waals surface area contributed by atoms with Gasteiger partial charge in [-0.3, -0.25) is 0 Å². The summed E-state index contributed by atoms with van der Waals surface area (Å²) >= 11 is 0. The van der Waals surface area contributed by atoms with Crippen molar-refractivity contribution in [1.82, 2.24) is 0 Å². The van der Waals surface area contributed by atoms with Gasteiger partial charge in [-0.25, -0.2) is 0 Å². The molecule has 0 rings (SSSR count). The summed E-state index contributed by atoms with van der Waals surface area (Å²) in [5, 5.41) is 7.32. The number of hydrogen-bond donors (Lipinski definition) is 0. The summed E-state index contributed by atoms with van der Waals surface area (Å²) in [6.45, 7) is 1.43. The van der Waals surface area contributed by atoms with Crippen LogP contribution in [0.4, 0.5) is 0 Å². The van der Waals surface area contributed by atoms with Gasteiger partial charge in [0.05, 0.1) is 6.07 Å². The Morgan fingerprint density at radius 2 is 1.60 bits per heavy atom. The molecule has 0 aliphatic rings. The Kier molecular flexibility index (Phi) is 57.6. The van der Waals surface area contributed by atoms with Crippen LogP contribution in [0, 0.1) is 11.3 Å². The molecule has 0 saturated carbocycles. The third-order valence-electron chi connectivity index (χ3n) is 0. The Hall–Kier alpha value is 1.47. The Balaban J connectivity index is -0.0000000200. The fourth-order valence-corrected chi connectivity index (χ4v) is 0. The number of nitrogens with zero attached hydrogens (tertiary/aromatic N) is 1. The van der Waals surface area contributed by atoms with E-state index in [1.165, 1.54) is 6.92 Å². The summed E-state index contributed by atoms with van der Waals surface area (Å²) in [5.41, 5.74) is 0. The van der Waals surface area contributed by atoms with Crippen LogP contribution in [0.2, 0.25) is 0 Å². The van der Waals surface area contributed by atoms with Crippen molar-refractivity contribution in [3.63, 3.8) is 0 Å². The molecule has 5 heavy (non-hydrogen) atoms. The molecule has 0 heterocycles. The summed E-state index contributed by atoms with van der Waals surface area (Å²) in [6.07, 6.45) is 0. The van der Waals surface area contributed by atoms with Crippen molar-refractivity contribution in [3.8, 4) is 6.07 Å². The van der Waals surface area contributed by atoms with Crippen LogP contribution in [0.3, 0.4) is 0 Å². The first kappa shape index (κ1) is 16.1. The third-order valence-corrected chi connectivity index (χ3v) is 0. The van der Waals surface area contributed by atoms with Gasteiger partial charge in [-0.05, 0) is 0 Å². The van der Waals surface area contributed by atoms with Gasteiger partial charge in [-0.15, -0.1) is 0 Å². The molecule has 24 valence electrons. The van der Waals surface area contributed by atoms with Crippen molar-refractivity contribution < 1.29 is 73.6 Å². The average Bonchev–Trinajstić information content (AvgIpc) is 0.918. The van der Waals surface area contributed by atoms with E-state index in [9.17, 15) is 0 Å². The van der Waals surface area contributed by atoms with E-state index in [4.69, 9.17) is 5.26 Å².